The van der Waals surface area contributed by atoms with Gasteiger partial charge < -0.3 is 15.4 Å². The Kier molecular flexibility index (Phi) is 7.61. The topological polar surface area (TPSA) is 50.4 Å². The highest BCUT2D eigenvalue weighted by Gasteiger charge is 2.07. The first kappa shape index (κ1) is 22.0. The molecule has 6 heteroatoms. The first-order valence-corrected chi connectivity index (χ1v) is 10.5. The van der Waals surface area contributed by atoms with E-state index in [1.807, 2.05) is 74.5 Å². The van der Waals surface area contributed by atoms with Crippen LogP contribution in [0.4, 0.5) is 11.4 Å². The van der Waals surface area contributed by atoms with Crippen molar-refractivity contribution in [3.63, 3.8) is 0 Å². The van der Waals surface area contributed by atoms with Crippen LogP contribution in [0.25, 0.3) is 0 Å². The fraction of sp³-hybridized carbons (Fsp3) is 0.208. The van der Waals surface area contributed by atoms with Crippen molar-refractivity contribution >= 4 is 40.5 Å². The maximum atomic E-state index is 11.8. The van der Waals surface area contributed by atoms with Crippen molar-refractivity contribution in [2.75, 3.05) is 10.6 Å². The number of hydrogen-bond donors (Lipinski definition) is 2. The zero-order chi connectivity index (χ0) is 21.5. The summed E-state index contributed by atoms with van der Waals surface area (Å²) in [6.45, 7) is 4.81. The van der Waals surface area contributed by atoms with Gasteiger partial charge in [0.1, 0.15) is 12.4 Å². The summed E-state index contributed by atoms with van der Waals surface area (Å²) in [6.07, 6.45) is 0. The highest BCUT2D eigenvalue weighted by Crippen LogP contribution is 2.24. The smallest absolute Gasteiger partial charge is 0.226 e. The van der Waals surface area contributed by atoms with Crippen molar-refractivity contribution in [2.45, 2.75) is 27.0 Å². The lowest BCUT2D eigenvalue weighted by atomic mass is 10.2. The highest BCUT2D eigenvalue weighted by molar-refractivity contribution is 6.42. The number of amides is 1. The van der Waals surface area contributed by atoms with E-state index in [4.69, 9.17) is 27.9 Å². The molecule has 1 amide bonds. The molecular weight excluding hydrogens is 419 g/mol. The lowest BCUT2D eigenvalue weighted by molar-refractivity contribution is -0.118. The van der Waals surface area contributed by atoms with Crippen LogP contribution in [0, 0.1) is 5.92 Å². The van der Waals surface area contributed by atoms with E-state index in [9.17, 15) is 4.79 Å². The molecule has 0 heterocycles. The summed E-state index contributed by atoms with van der Waals surface area (Å²) in [4.78, 5) is 11.8. The zero-order valence-corrected chi connectivity index (χ0v) is 18.4. The van der Waals surface area contributed by atoms with E-state index in [-0.39, 0.29) is 11.8 Å². The quantitative estimate of drug-likeness (QED) is 0.404. The van der Waals surface area contributed by atoms with Crippen LogP contribution in [0.3, 0.4) is 0 Å². The molecule has 4 nitrogen and oxygen atoms in total. The third-order valence-corrected chi connectivity index (χ3v) is 5.20. The third kappa shape index (κ3) is 6.41. The molecular formula is C24H24Cl2N2O2. The number of nitrogens with one attached hydrogen (secondary N) is 2. The number of carbonyl (C=O) groups excluding carboxylic acids is 1. The van der Waals surface area contributed by atoms with Crippen LogP contribution in [0.1, 0.15) is 25.0 Å². The minimum atomic E-state index is -0.0472. The van der Waals surface area contributed by atoms with Gasteiger partial charge in [0.05, 0.1) is 10.0 Å². The summed E-state index contributed by atoms with van der Waals surface area (Å²) in [7, 11) is 0. The molecule has 3 aromatic carbocycles. The molecule has 0 fully saturated rings. The van der Waals surface area contributed by atoms with Gasteiger partial charge >= 0.3 is 0 Å². The number of ether oxygens (including phenoxy) is 1. The molecule has 3 rings (SSSR count). The van der Waals surface area contributed by atoms with E-state index in [1.54, 1.807) is 6.07 Å². The second kappa shape index (κ2) is 10.4. The van der Waals surface area contributed by atoms with Gasteiger partial charge in [-0.2, -0.15) is 0 Å². The Morgan fingerprint density at radius 2 is 1.63 bits per heavy atom. The molecule has 0 aromatic heterocycles. The van der Waals surface area contributed by atoms with Gasteiger partial charge in [-0.3, -0.25) is 4.79 Å². The van der Waals surface area contributed by atoms with Crippen molar-refractivity contribution < 1.29 is 9.53 Å². The van der Waals surface area contributed by atoms with Crippen molar-refractivity contribution in [1.82, 2.24) is 0 Å². The number of anilines is 2. The van der Waals surface area contributed by atoms with E-state index >= 15 is 0 Å². The molecule has 2 N–H and O–H groups in total. The van der Waals surface area contributed by atoms with Gasteiger partial charge in [-0.05, 0) is 59.7 Å². The van der Waals surface area contributed by atoms with Gasteiger partial charge in [0.15, 0.2) is 0 Å². The van der Waals surface area contributed by atoms with Crippen LogP contribution >= 0.6 is 23.2 Å². The lowest BCUT2D eigenvalue weighted by Gasteiger charge is -2.11. The Morgan fingerprint density at radius 3 is 2.33 bits per heavy atom. The summed E-state index contributed by atoms with van der Waals surface area (Å²) >= 11 is 12.0. The van der Waals surface area contributed by atoms with E-state index < -0.39 is 0 Å². The monoisotopic (exact) mass is 442 g/mol. The van der Waals surface area contributed by atoms with E-state index in [1.165, 1.54) is 0 Å². The SMILES string of the molecule is CC(C)C(=O)Nc1ccc(NCc2cccc(OCc3ccc(Cl)c(Cl)c3)c2)cc1. The molecule has 3 aromatic rings. The summed E-state index contributed by atoms with van der Waals surface area (Å²) in [5, 5.41) is 7.31. The average molecular weight is 443 g/mol. The van der Waals surface area contributed by atoms with Gasteiger partial charge in [0.25, 0.3) is 0 Å². The summed E-state index contributed by atoms with van der Waals surface area (Å²) < 4.78 is 5.88. The van der Waals surface area contributed by atoms with Gasteiger partial charge in [-0.1, -0.05) is 55.2 Å². The maximum Gasteiger partial charge on any atom is 0.226 e. The first-order chi connectivity index (χ1) is 14.4. The van der Waals surface area contributed by atoms with Crippen LogP contribution in [0.5, 0.6) is 5.75 Å². The Bertz CT molecular complexity index is 1000. The van der Waals surface area contributed by atoms with Crippen LogP contribution in [0.15, 0.2) is 66.7 Å². The minimum absolute atomic E-state index is 0.00777. The average Bonchev–Trinajstić information content (AvgIpc) is 2.74. The second-order valence-electron chi connectivity index (χ2n) is 7.26. The molecule has 0 aliphatic rings. The summed E-state index contributed by atoms with van der Waals surface area (Å²) in [5.41, 5.74) is 3.81. The Morgan fingerprint density at radius 1 is 0.900 bits per heavy atom. The summed E-state index contributed by atoms with van der Waals surface area (Å²) in [6, 6.07) is 21.1. The number of hydrogen-bond acceptors (Lipinski definition) is 3. The standard InChI is InChI=1S/C24H24Cl2N2O2/c1-16(2)24(29)28-20-9-7-19(8-10-20)27-14-17-4-3-5-21(12-17)30-15-18-6-11-22(25)23(26)13-18/h3-13,16,27H,14-15H2,1-2H3,(H,28,29). The number of carbonyl (C=O) groups is 1. The van der Waals surface area contributed by atoms with Crippen LogP contribution in [-0.2, 0) is 17.9 Å². The van der Waals surface area contributed by atoms with Crippen molar-refractivity contribution in [3.8, 4) is 5.75 Å². The second-order valence-corrected chi connectivity index (χ2v) is 8.07. The fourth-order valence-electron chi connectivity index (χ4n) is 2.70. The van der Waals surface area contributed by atoms with Crippen LogP contribution in [0.2, 0.25) is 10.0 Å². The van der Waals surface area contributed by atoms with Gasteiger partial charge in [-0.25, -0.2) is 0 Å². The lowest BCUT2D eigenvalue weighted by Crippen LogP contribution is -2.17. The fourth-order valence-corrected chi connectivity index (χ4v) is 3.02. The normalized spacial score (nSPS) is 10.7. The Labute approximate surface area is 187 Å². The van der Waals surface area contributed by atoms with Crippen molar-refractivity contribution in [3.05, 3.63) is 87.9 Å². The molecule has 0 saturated heterocycles. The predicted molar refractivity (Wildman–Crippen MR) is 124 cm³/mol. The molecule has 0 aliphatic heterocycles. The van der Waals surface area contributed by atoms with Gasteiger partial charge in [0.2, 0.25) is 5.91 Å². The van der Waals surface area contributed by atoms with Gasteiger partial charge in [-0.15, -0.1) is 0 Å². The Balaban J connectivity index is 1.53. The number of halogens is 2. The van der Waals surface area contributed by atoms with E-state index in [2.05, 4.69) is 10.6 Å². The van der Waals surface area contributed by atoms with E-state index in [0.717, 1.165) is 28.3 Å². The summed E-state index contributed by atoms with van der Waals surface area (Å²) in [5.74, 6) is 0.745. The number of rotatable bonds is 8. The molecule has 30 heavy (non-hydrogen) atoms. The predicted octanol–water partition coefficient (Wildman–Crippen LogP) is 6.78. The number of benzene rings is 3. The van der Waals surface area contributed by atoms with Crippen molar-refractivity contribution in [2.24, 2.45) is 5.92 Å². The third-order valence-electron chi connectivity index (χ3n) is 4.46. The molecule has 0 aliphatic carbocycles. The molecule has 0 unspecified atom stereocenters. The van der Waals surface area contributed by atoms with Gasteiger partial charge in [0, 0.05) is 23.8 Å². The minimum Gasteiger partial charge on any atom is -0.489 e. The Hall–Kier alpha value is -2.69. The van der Waals surface area contributed by atoms with Crippen LogP contribution < -0.4 is 15.4 Å². The largest absolute Gasteiger partial charge is 0.489 e. The molecule has 0 bridgehead atoms. The zero-order valence-electron chi connectivity index (χ0n) is 16.9. The van der Waals surface area contributed by atoms with E-state index in [0.29, 0.717) is 23.2 Å². The maximum absolute atomic E-state index is 11.8. The molecule has 0 spiro atoms. The first-order valence-electron chi connectivity index (χ1n) is 9.71. The molecule has 0 saturated carbocycles. The molecule has 156 valence electrons. The molecule has 0 atom stereocenters. The van der Waals surface area contributed by atoms with Crippen LogP contribution in [-0.4, -0.2) is 5.91 Å². The molecule has 0 radical (unpaired) electrons. The highest BCUT2D eigenvalue weighted by atomic mass is 35.5. The van der Waals surface area contributed by atoms with Crippen molar-refractivity contribution in [1.29, 1.82) is 0 Å².